The zero-order valence-corrected chi connectivity index (χ0v) is 15.2. The van der Waals surface area contributed by atoms with Crippen LogP contribution in [0, 0.1) is 17.8 Å². The van der Waals surface area contributed by atoms with Crippen molar-refractivity contribution in [3.63, 3.8) is 0 Å². The molecule has 2 saturated heterocycles. The Labute approximate surface area is 137 Å². The molecule has 0 aliphatic carbocycles. The molecule has 0 radical (unpaired) electrons. The fourth-order valence-electron chi connectivity index (χ4n) is 4.10. The minimum absolute atomic E-state index is 0.401. The van der Waals surface area contributed by atoms with E-state index in [1.54, 1.807) is 0 Å². The van der Waals surface area contributed by atoms with Gasteiger partial charge in [-0.3, -0.25) is 4.79 Å². The molecular weight excluding hydrogens is 272 g/mol. The van der Waals surface area contributed by atoms with Gasteiger partial charge in [-0.15, -0.1) is 0 Å². The molecule has 1 unspecified atom stereocenters. The summed E-state index contributed by atoms with van der Waals surface area (Å²) in [7, 11) is 0. The van der Waals surface area contributed by atoms with E-state index >= 15 is 0 Å². The van der Waals surface area contributed by atoms with Gasteiger partial charge in [0.1, 0.15) is 0 Å². The quantitative estimate of drug-likeness (QED) is 0.771. The van der Waals surface area contributed by atoms with Crippen LogP contribution in [0.1, 0.15) is 66.2 Å². The smallest absolute Gasteiger partial charge is 0.222 e. The van der Waals surface area contributed by atoms with E-state index in [9.17, 15) is 4.79 Å². The Hall–Kier alpha value is -0.570. The number of likely N-dealkylation sites (tertiary alicyclic amines) is 2. The molecule has 0 saturated carbocycles. The second kappa shape index (κ2) is 8.33. The third-order valence-corrected chi connectivity index (χ3v) is 5.72. The molecule has 2 aliphatic heterocycles. The summed E-state index contributed by atoms with van der Waals surface area (Å²) >= 11 is 0. The third kappa shape index (κ3) is 4.97. The number of rotatable bonds is 5. The molecule has 0 aromatic carbocycles. The van der Waals surface area contributed by atoms with Crippen LogP contribution >= 0.6 is 0 Å². The Morgan fingerprint density at radius 3 is 2.27 bits per heavy atom. The number of hydrogen-bond acceptors (Lipinski definition) is 2. The Kier molecular flexibility index (Phi) is 6.73. The maximum atomic E-state index is 12.4. The van der Waals surface area contributed by atoms with Crippen molar-refractivity contribution >= 4 is 5.91 Å². The first-order valence-electron chi connectivity index (χ1n) is 9.49. The van der Waals surface area contributed by atoms with Crippen molar-refractivity contribution in [1.29, 1.82) is 0 Å². The van der Waals surface area contributed by atoms with E-state index < -0.39 is 0 Å². The SMILES string of the molecule is CC(C)CCC(=O)N1CCCC(C2CCN(C(C)C)CC2)C1. The van der Waals surface area contributed by atoms with Gasteiger partial charge in [0.15, 0.2) is 0 Å². The highest BCUT2D eigenvalue weighted by Crippen LogP contribution is 2.32. The Morgan fingerprint density at radius 1 is 1.00 bits per heavy atom. The van der Waals surface area contributed by atoms with Crippen molar-refractivity contribution in [3.8, 4) is 0 Å². The molecule has 0 N–H and O–H groups in total. The van der Waals surface area contributed by atoms with E-state index in [1.807, 2.05) is 0 Å². The predicted octanol–water partition coefficient (Wildman–Crippen LogP) is 3.78. The van der Waals surface area contributed by atoms with Gasteiger partial charge in [-0.1, -0.05) is 13.8 Å². The average molecular weight is 309 g/mol. The van der Waals surface area contributed by atoms with Crippen molar-refractivity contribution < 1.29 is 4.79 Å². The lowest BCUT2D eigenvalue weighted by Crippen LogP contribution is -2.45. The van der Waals surface area contributed by atoms with E-state index in [4.69, 9.17) is 0 Å². The maximum absolute atomic E-state index is 12.4. The molecule has 1 amide bonds. The number of carbonyl (C=O) groups excluding carboxylic acids is 1. The molecule has 128 valence electrons. The third-order valence-electron chi connectivity index (χ3n) is 5.72. The molecule has 2 heterocycles. The van der Waals surface area contributed by atoms with E-state index in [0.29, 0.717) is 17.9 Å². The van der Waals surface area contributed by atoms with Gasteiger partial charge in [-0.2, -0.15) is 0 Å². The first-order chi connectivity index (χ1) is 10.5. The van der Waals surface area contributed by atoms with Crippen LogP contribution in [0.3, 0.4) is 0 Å². The molecule has 0 aromatic rings. The number of nitrogens with zero attached hydrogens (tertiary/aromatic N) is 2. The van der Waals surface area contributed by atoms with E-state index in [2.05, 4.69) is 37.5 Å². The van der Waals surface area contributed by atoms with Crippen LogP contribution in [0.5, 0.6) is 0 Å². The topological polar surface area (TPSA) is 23.6 Å². The molecule has 2 fully saturated rings. The number of hydrogen-bond donors (Lipinski definition) is 0. The van der Waals surface area contributed by atoms with Crippen LogP contribution in [0.15, 0.2) is 0 Å². The largest absolute Gasteiger partial charge is 0.342 e. The summed E-state index contributed by atoms with van der Waals surface area (Å²) in [6, 6.07) is 0.682. The second-order valence-corrected chi connectivity index (χ2v) is 8.14. The summed E-state index contributed by atoms with van der Waals surface area (Å²) in [5, 5.41) is 0. The molecule has 1 atom stereocenters. The zero-order valence-electron chi connectivity index (χ0n) is 15.2. The molecule has 0 aromatic heterocycles. The summed E-state index contributed by atoms with van der Waals surface area (Å²) in [5.74, 6) is 2.63. The van der Waals surface area contributed by atoms with E-state index in [-0.39, 0.29) is 0 Å². The van der Waals surface area contributed by atoms with E-state index in [1.165, 1.54) is 38.8 Å². The molecule has 22 heavy (non-hydrogen) atoms. The van der Waals surface area contributed by atoms with Gasteiger partial charge in [0.05, 0.1) is 0 Å². The van der Waals surface area contributed by atoms with E-state index in [0.717, 1.165) is 37.8 Å². The normalized spacial score (nSPS) is 25.2. The van der Waals surface area contributed by atoms with Crippen LogP contribution in [0.25, 0.3) is 0 Å². The second-order valence-electron chi connectivity index (χ2n) is 8.14. The Bertz CT molecular complexity index is 345. The van der Waals surface area contributed by atoms with Gasteiger partial charge in [0.2, 0.25) is 5.91 Å². The predicted molar refractivity (Wildman–Crippen MR) is 92.8 cm³/mol. The van der Waals surface area contributed by atoms with Crippen LogP contribution in [-0.2, 0) is 4.79 Å². The number of amides is 1. The summed E-state index contributed by atoms with van der Waals surface area (Å²) in [5.41, 5.74) is 0. The molecule has 2 rings (SSSR count). The summed E-state index contributed by atoms with van der Waals surface area (Å²) < 4.78 is 0. The van der Waals surface area contributed by atoms with Crippen LogP contribution in [-0.4, -0.2) is 47.9 Å². The first kappa shape index (κ1) is 17.8. The number of piperidine rings is 2. The van der Waals surface area contributed by atoms with Gasteiger partial charge < -0.3 is 9.80 Å². The minimum atomic E-state index is 0.401. The summed E-state index contributed by atoms with van der Waals surface area (Å²) in [6.45, 7) is 13.5. The fourth-order valence-corrected chi connectivity index (χ4v) is 4.10. The zero-order chi connectivity index (χ0) is 16.1. The lowest BCUT2D eigenvalue weighted by molar-refractivity contribution is -0.133. The van der Waals surface area contributed by atoms with Crippen molar-refractivity contribution in [3.05, 3.63) is 0 Å². The fraction of sp³-hybridized carbons (Fsp3) is 0.947. The molecular formula is C19H36N2O. The highest BCUT2D eigenvalue weighted by Gasteiger charge is 2.31. The first-order valence-corrected chi connectivity index (χ1v) is 9.49. The average Bonchev–Trinajstić information content (AvgIpc) is 2.52. The van der Waals surface area contributed by atoms with Crippen molar-refractivity contribution in [1.82, 2.24) is 9.80 Å². The molecule has 3 nitrogen and oxygen atoms in total. The molecule has 0 spiro atoms. The lowest BCUT2D eigenvalue weighted by atomic mass is 9.79. The van der Waals surface area contributed by atoms with Crippen LogP contribution in [0.2, 0.25) is 0 Å². The van der Waals surface area contributed by atoms with Crippen molar-refractivity contribution in [2.24, 2.45) is 17.8 Å². The number of carbonyl (C=O) groups is 1. The van der Waals surface area contributed by atoms with Gasteiger partial charge in [-0.05, 0) is 76.8 Å². The summed E-state index contributed by atoms with van der Waals surface area (Å²) in [6.07, 6.45) is 6.99. The van der Waals surface area contributed by atoms with Gasteiger partial charge >= 0.3 is 0 Å². The standard InChI is InChI=1S/C19H36N2O/c1-15(2)7-8-19(22)21-11-5-6-18(14-21)17-9-12-20(13-10-17)16(3)4/h15-18H,5-14H2,1-4H3. The molecule has 0 bridgehead atoms. The monoisotopic (exact) mass is 308 g/mol. The Balaban J connectivity index is 1.79. The van der Waals surface area contributed by atoms with Gasteiger partial charge in [0, 0.05) is 25.6 Å². The van der Waals surface area contributed by atoms with Gasteiger partial charge in [0.25, 0.3) is 0 Å². The maximum Gasteiger partial charge on any atom is 0.222 e. The van der Waals surface area contributed by atoms with Crippen molar-refractivity contribution in [2.45, 2.75) is 72.3 Å². The lowest BCUT2D eigenvalue weighted by Gasteiger charge is -2.42. The highest BCUT2D eigenvalue weighted by atomic mass is 16.2. The van der Waals surface area contributed by atoms with Crippen LogP contribution in [0.4, 0.5) is 0 Å². The summed E-state index contributed by atoms with van der Waals surface area (Å²) in [4.78, 5) is 17.2. The van der Waals surface area contributed by atoms with Crippen LogP contribution < -0.4 is 0 Å². The molecule has 3 heteroatoms. The highest BCUT2D eigenvalue weighted by molar-refractivity contribution is 5.76. The Morgan fingerprint density at radius 2 is 1.68 bits per heavy atom. The molecule has 2 aliphatic rings. The van der Waals surface area contributed by atoms with Crippen molar-refractivity contribution in [2.75, 3.05) is 26.2 Å². The minimum Gasteiger partial charge on any atom is -0.342 e. The van der Waals surface area contributed by atoms with Gasteiger partial charge in [-0.25, -0.2) is 0 Å².